The Morgan fingerprint density at radius 3 is 2.81 bits per heavy atom. The van der Waals surface area contributed by atoms with Crippen LogP contribution in [-0.4, -0.2) is 87.8 Å². The van der Waals surface area contributed by atoms with Gasteiger partial charge in [0.1, 0.15) is 36.6 Å². The van der Waals surface area contributed by atoms with Crippen molar-refractivity contribution in [3.05, 3.63) is 30.2 Å². The van der Waals surface area contributed by atoms with Gasteiger partial charge in [-0.05, 0) is 25.5 Å². The van der Waals surface area contributed by atoms with Crippen LogP contribution in [0.2, 0.25) is 0 Å². The van der Waals surface area contributed by atoms with Crippen molar-refractivity contribution in [3.8, 4) is 5.88 Å². The van der Waals surface area contributed by atoms with E-state index in [9.17, 15) is 27.9 Å². The minimum absolute atomic E-state index is 0.0507. The van der Waals surface area contributed by atoms with Crippen molar-refractivity contribution in [2.75, 3.05) is 41.4 Å². The van der Waals surface area contributed by atoms with Crippen molar-refractivity contribution in [2.24, 2.45) is 0 Å². The van der Waals surface area contributed by atoms with Gasteiger partial charge in [0.25, 0.3) is 5.91 Å². The standard InChI is InChI=1S/C21H24F3N7O5/c1-11(21(22,23)24)27-19(34)14-2-3-15-18(28-14)31(12-4-5-30(15)7-12)20(35)29-16-6-17(26-10-25-16)36-9-13(33)8-32/h2-3,6,10-13,32-33H,4-5,7-9H2,1H3,(H,27,34)(H,25,26,29,35)/t11?,12-,13?/m0/s1. The van der Waals surface area contributed by atoms with E-state index in [4.69, 9.17) is 9.84 Å². The van der Waals surface area contributed by atoms with Gasteiger partial charge in [0.15, 0.2) is 5.82 Å². The first kappa shape index (κ1) is 25.4. The van der Waals surface area contributed by atoms with Crippen LogP contribution in [0.4, 0.5) is 35.3 Å². The van der Waals surface area contributed by atoms with Crippen molar-refractivity contribution >= 4 is 29.3 Å². The summed E-state index contributed by atoms with van der Waals surface area (Å²) in [7, 11) is 0. The topological polar surface area (TPSA) is 153 Å². The highest BCUT2D eigenvalue weighted by Gasteiger charge is 2.41. The van der Waals surface area contributed by atoms with Gasteiger partial charge in [-0.2, -0.15) is 13.2 Å². The number of aliphatic hydroxyl groups is 2. The number of carbonyl (C=O) groups is 2. The summed E-state index contributed by atoms with van der Waals surface area (Å²) in [6.07, 6.45) is -3.96. The minimum atomic E-state index is -4.61. The molecule has 4 heterocycles. The average Bonchev–Trinajstić information content (AvgIpc) is 3.25. The molecule has 0 spiro atoms. The molecule has 2 bridgehead atoms. The zero-order chi connectivity index (χ0) is 26.0. The SMILES string of the molecule is CC(NC(=O)c1ccc2c(n1)N(C(=O)Nc1cc(OCC(O)CO)ncn1)[C@H]1CCN2C1)C(F)(F)F. The van der Waals surface area contributed by atoms with E-state index in [1.54, 1.807) is 6.07 Å². The van der Waals surface area contributed by atoms with Crippen LogP contribution in [0, 0.1) is 0 Å². The van der Waals surface area contributed by atoms with Gasteiger partial charge in [-0.25, -0.2) is 19.7 Å². The van der Waals surface area contributed by atoms with Crippen molar-refractivity contribution in [1.82, 2.24) is 20.3 Å². The van der Waals surface area contributed by atoms with Crippen molar-refractivity contribution in [2.45, 2.75) is 37.7 Å². The molecule has 3 atom stereocenters. The summed E-state index contributed by atoms with van der Waals surface area (Å²) in [4.78, 5) is 41.1. The molecule has 194 valence electrons. The summed E-state index contributed by atoms with van der Waals surface area (Å²) in [5.41, 5.74) is 0.314. The number of aliphatic hydroxyl groups excluding tert-OH is 2. The zero-order valence-corrected chi connectivity index (χ0v) is 19.1. The lowest BCUT2D eigenvalue weighted by atomic mass is 10.1. The van der Waals surface area contributed by atoms with E-state index in [0.29, 0.717) is 25.2 Å². The van der Waals surface area contributed by atoms with Crippen LogP contribution in [0.15, 0.2) is 24.5 Å². The molecule has 1 saturated heterocycles. The van der Waals surface area contributed by atoms with Crippen LogP contribution in [0.25, 0.3) is 0 Å². The number of hydrogen-bond donors (Lipinski definition) is 4. The lowest BCUT2D eigenvalue weighted by Crippen LogP contribution is -2.49. The Kier molecular flexibility index (Phi) is 7.12. The van der Waals surface area contributed by atoms with Crippen LogP contribution in [-0.2, 0) is 0 Å². The third-order valence-corrected chi connectivity index (χ3v) is 5.75. The molecular formula is C21H24F3N7O5. The lowest BCUT2D eigenvalue weighted by molar-refractivity contribution is -0.149. The molecule has 0 aliphatic carbocycles. The molecule has 2 aliphatic rings. The second kappa shape index (κ2) is 10.1. The fourth-order valence-electron chi connectivity index (χ4n) is 3.84. The number of anilines is 3. The molecule has 2 aromatic heterocycles. The first-order valence-corrected chi connectivity index (χ1v) is 11.0. The van der Waals surface area contributed by atoms with Crippen molar-refractivity contribution < 1.29 is 37.7 Å². The van der Waals surface area contributed by atoms with Crippen molar-refractivity contribution in [1.29, 1.82) is 0 Å². The number of ether oxygens (including phenoxy) is 1. The summed E-state index contributed by atoms with van der Waals surface area (Å²) in [6, 6.07) is 1.23. The number of halogens is 3. The van der Waals surface area contributed by atoms with Gasteiger partial charge >= 0.3 is 12.2 Å². The predicted octanol–water partition coefficient (Wildman–Crippen LogP) is 0.915. The highest BCUT2D eigenvalue weighted by atomic mass is 19.4. The number of fused-ring (bicyclic) bond motifs is 4. The van der Waals surface area contributed by atoms with E-state index in [2.05, 4.69) is 20.3 Å². The van der Waals surface area contributed by atoms with Crippen LogP contribution >= 0.6 is 0 Å². The second-order valence-corrected chi connectivity index (χ2v) is 8.35. The Balaban J connectivity index is 1.55. The van der Waals surface area contributed by atoms with Gasteiger partial charge in [-0.15, -0.1) is 0 Å². The first-order valence-electron chi connectivity index (χ1n) is 11.0. The molecule has 12 nitrogen and oxygen atoms in total. The number of urea groups is 1. The molecule has 1 fully saturated rings. The van der Waals surface area contributed by atoms with Gasteiger partial charge in [0.2, 0.25) is 5.88 Å². The average molecular weight is 511 g/mol. The monoisotopic (exact) mass is 511 g/mol. The molecule has 2 aliphatic heterocycles. The number of rotatable bonds is 7. The number of pyridine rings is 1. The fraction of sp³-hybridized carbons (Fsp3) is 0.476. The third kappa shape index (κ3) is 5.41. The lowest BCUT2D eigenvalue weighted by Gasteiger charge is -2.35. The quantitative estimate of drug-likeness (QED) is 0.425. The molecule has 0 aromatic carbocycles. The summed E-state index contributed by atoms with van der Waals surface area (Å²) in [5, 5.41) is 22.8. The van der Waals surface area contributed by atoms with E-state index >= 15 is 0 Å². The van der Waals surface area contributed by atoms with E-state index < -0.39 is 36.9 Å². The number of amides is 3. The Morgan fingerprint density at radius 2 is 2.08 bits per heavy atom. The van der Waals surface area contributed by atoms with E-state index in [0.717, 1.165) is 13.3 Å². The van der Waals surface area contributed by atoms with Gasteiger partial charge < -0.3 is 25.2 Å². The first-order chi connectivity index (χ1) is 17.1. The second-order valence-electron chi connectivity index (χ2n) is 8.35. The van der Waals surface area contributed by atoms with E-state index in [1.165, 1.54) is 17.0 Å². The van der Waals surface area contributed by atoms with Crippen molar-refractivity contribution in [3.63, 3.8) is 0 Å². The molecule has 2 aromatic rings. The molecule has 15 heteroatoms. The van der Waals surface area contributed by atoms with Gasteiger partial charge in [-0.1, -0.05) is 0 Å². The van der Waals surface area contributed by atoms with E-state index in [1.807, 2.05) is 10.2 Å². The van der Waals surface area contributed by atoms with E-state index in [-0.39, 0.29) is 35.9 Å². The molecule has 3 amide bonds. The molecule has 2 unspecified atom stereocenters. The molecule has 36 heavy (non-hydrogen) atoms. The predicted molar refractivity (Wildman–Crippen MR) is 120 cm³/mol. The van der Waals surface area contributed by atoms with Crippen LogP contribution < -0.4 is 25.2 Å². The third-order valence-electron chi connectivity index (χ3n) is 5.75. The maximum absolute atomic E-state index is 13.3. The Hall–Kier alpha value is -3.72. The fourth-order valence-corrected chi connectivity index (χ4v) is 3.84. The summed E-state index contributed by atoms with van der Waals surface area (Å²) in [5.74, 6) is -0.739. The highest BCUT2D eigenvalue weighted by molar-refractivity contribution is 6.05. The van der Waals surface area contributed by atoms with Crippen LogP contribution in [0.1, 0.15) is 23.8 Å². The number of hydrogen-bond acceptors (Lipinski definition) is 9. The van der Waals surface area contributed by atoms with Crippen LogP contribution in [0.3, 0.4) is 0 Å². The number of nitrogens with zero attached hydrogens (tertiary/aromatic N) is 5. The Bertz CT molecular complexity index is 1140. The van der Waals surface area contributed by atoms with Gasteiger partial charge in [0, 0.05) is 19.2 Å². The number of nitrogens with one attached hydrogen (secondary N) is 2. The summed E-state index contributed by atoms with van der Waals surface area (Å²) < 4.78 is 43.9. The van der Waals surface area contributed by atoms with Gasteiger partial charge in [-0.3, -0.25) is 15.0 Å². The smallest absolute Gasteiger partial charge is 0.408 e. The van der Waals surface area contributed by atoms with Crippen LogP contribution in [0.5, 0.6) is 5.88 Å². The maximum atomic E-state index is 13.3. The summed E-state index contributed by atoms with van der Waals surface area (Å²) in [6.45, 7) is 1.27. The number of alkyl halides is 3. The molecular weight excluding hydrogens is 487 g/mol. The highest BCUT2D eigenvalue weighted by Crippen LogP contribution is 2.39. The Labute approximate surface area is 203 Å². The molecule has 0 saturated carbocycles. The Morgan fingerprint density at radius 1 is 1.31 bits per heavy atom. The largest absolute Gasteiger partial charge is 0.475 e. The maximum Gasteiger partial charge on any atom is 0.408 e. The molecule has 4 N–H and O–H groups in total. The normalized spacial score (nSPS) is 18.3. The minimum Gasteiger partial charge on any atom is -0.475 e. The number of carbonyl (C=O) groups excluding carboxylic acids is 2. The summed E-state index contributed by atoms with van der Waals surface area (Å²) >= 11 is 0. The molecule has 4 rings (SSSR count). The molecule has 0 radical (unpaired) electrons. The van der Waals surface area contributed by atoms with Gasteiger partial charge in [0.05, 0.1) is 18.3 Å². The number of aromatic nitrogens is 3. The zero-order valence-electron chi connectivity index (χ0n) is 19.1.